The highest BCUT2D eigenvalue weighted by Gasteiger charge is 2.46. The summed E-state index contributed by atoms with van der Waals surface area (Å²) in [7, 11) is 0. The Kier molecular flexibility index (Phi) is 7.43. The van der Waals surface area contributed by atoms with Crippen molar-refractivity contribution >= 4 is 18.0 Å². The Labute approximate surface area is 206 Å². The first-order valence-electron chi connectivity index (χ1n) is 12.4. The Morgan fingerprint density at radius 2 is 1.71 bits per heavy atom. The molecule has 0 aliphatic heterocycles. The normalized spacial score (nSPS) is 21.6. The van der Waals surface area contributed by atoms with Gasteiger partial charge in [0.2, 0.25) is 5.91 Å². The van der Waals surface area contributed by atoms with Gasteiger partial charge >= 0.3 is 12.1 Å². The molecule has 7 nitrogen and oxygen atoms in total. The molecule has 0 saturated heterocycles. The fraction of sp³-hybridized carbons (Fsp3) is 0.464. The predicted molar refractivity (Wildman–Crippen MR) is 133 cm³/mol. The Morgan fingerprint density at radius 1 is 1.09 bits per heavy atom. The molecule has 7 heteroatoms. The van der Waals surface area contributed by atoms with E-state index in [9.17, 15) is 14.4 Å². The van der Waals surface area contributed by atoms with Crippen LogP contribution in [0, 0.1) is 11.3 Å². The van der Waals surface area contributed by atoms with Crippen LogP contribution in [-0.4, -0.2) is 42.3 Å². The number of benzene rings is 2. The van der Waals surface area contributed by atoms with Crippen molar-refractivity contribution in [2.24, 2.45) is 11.3 Å². The van der Waals surface area contributed by atoms with Gasteiger partial charge in [-0.1, -0.05) is 61.9 Å². The molecule has 0 radical (unpaired) electrons. The summed E-state index contributed by atoms with van der Waals surface area (Å²) < 4.78 is 5.68. The molecule has 4 rings (SSSR count). The molecule has 1 fully saturated rings. The van der Waals surface area contributed by atoms with Crippen molar-refractivity contribution in [1.82, 2.24) is 10.6 Å². The van der Waals surface area contributed by atoms with Gasteiger partial charge in [-0.15, -0.1) is 0 Å². The highest BCUT2D eigenvalue weighted by molar-refractivity contribution is 5.84. The topological polar surface area (TPSA) is 105 Å². The summed E-state index contributed by atoms with van der Waals surface area (Å²) in [4.78, 5) is 36.7. The van der Waals surface area contributed by atoms with Crippen molar-refractivity contribution in [3.05, 3.63) is 59.7 Å². The highest BCUT2D eigenvalue weighted by atomic mass is 16.5. The minimum Gasteiger partial charge on any atom is -0.481 e. The monoisotopic (exact) mass is 478 g/mol. The molecule has 35 heavy (non-hydrogen) atoms. The fourth-order valence-electron chi connectivity index (χ4n) is 5.39. The summed E-state index contributed by atoms with van der Waals surface area (Å²) >= 11 is 0. The van der Waals surface area contributed by atoms with E-state index in [2.05, 4.69) is 34.9 Å². The number of aliphatic carboxylic acids is 1. The largest absolute Gasteiger partial charge is 0.481 e. The number of carboxylic acid groups (broad SMARTS) is 1. The van der Waals surface area contributed by atoms with Crippen molar-refractivity contribution in [3.8, 4) is 11.1 Å². The van der Waals surface area contributed by atoms with E-state index in [0.29, 0.717) is 32.2 Å². The van der Waals surface area contributed by atoms with Crippen LogP contribution in [0.5, 0.6) is 0 Å². The second kappa shape index (κ2) is 10.5. The lowest BCUT2D eigenvalue weighted by molar-refractivity contribution is -0.141. The van der Waals surface area contributed by atoms with Gasteiger partial charge in [0.05, 0.1) is 11.3 Å². The molecule has 0 heterocycles. The first kappa shape index (κ1) is 24.8. The maximum Gasteiger partial charge on any atom is 0.407 e. The molecular formula is C28H34N2O5. The number of carbonyl (C=O) groups is 3. The van der Waals surface area contributed by atoms with Gasteiger partial charge in [0.1, 0.15) is 6.61 Å². The minimum atomic E-state index is -0.827. The van der Waals surface area contributed by atoms with Crippen molar-refractivity contribution < 1.29 is 24.2 Å². The molecule has 3 N–H and O–H groups in total. The zero-order valence-corrected chi connectivity index (χ0v) is 20.4. The lowest BCUT2D eigenvalue weighted by atomic mass is 9.83. The number of carboxylic acids is 1. The third-order valence-electron chi connectivity index (χ3n) is 7.63. The number of rotatable bonds is 9. The van der Waals surface area contributed by atoms with E-state index in [1.807, 2.05) is 31.2 Å². The number of nitrogens with one attached hydrogen (secondary N) is 2. The molecule has 2 aliphatic rings. The molecule has 1 saturated carbocycles. The van der Waals surface area contributed by atoms with Gasteiger partial charge in [-0.25, -0.2) is 4.79 Å². The van der Waals surface area contributed by atoms with Gasteiger partial charge in [-0.3, -0.25) is 9.59 Å². The molecular weight excluding hydrogens is 444 g/mol. The molecule has 3 unspecified atom stereocenters. The molecule has 2 amide bonds. The predicted octanol–water partition coefficient (Wildman–Crippen LogP) is 4.70. The SMILES string of the molecule is CC(CCCNC(=O)C1(C)CCCC1NC(=O)OCC1c2ccccc2-c2ccccc21)C(=O)O. The van der Waals surface area contributed by atoms with Crippen LogP contribution in [0.2, 0.25) is 0 Å². The minimum absolute atomic E-state index is 0.0143. The van der Waals surface area contributed by atoms with Crippen LogP contribution >= 0.6 is 0 Å². The zero-order chi connectivity index (χ0) is 25.0. The zero-order valence-electron chi connectivity index (χ0n) is 20.4. The van der Waals surface area contributed by atoms with Crippen LogP contribution in [0.4, 0.5) is 4.79 Å². The fourth-order valence-corrected chi connectivity index (χ4v) is 5.39. The summed E-state index contributed by atoms with van der Waals surface area (Å²) in [6.07, 6.45) is 2.83. The smallest absolute Gasteiger partial charge is 0.407 e. The van der Waals surface area contributed by atoms with Gasteiger partial charge in [0.25, 0.3) is 0 Å². The average molecular weight is 479 g/mol. The number of carbonyl (C=O) groups excluding carboxylic acids is 2. The number of ether oxygens (including phenoxy) is 1. The maximum absolute atomic E-state index is 13.0. The first-order valence-corrected chi connectivity index (χ1v) is 12.4. The van der Waals surface area contributed by atoms with Crippen LogP contribution < -0.4 is 10.6 Å². The highest BCUT2D eigenvalue weighted by Crippen LogP contribution is 2.44. The number of hydrogen-bond acceptors (Lipinski definition) is 4. The van der Waals surface area contributed by atoms with Crippen molar-refractivity contribution in [2.45, 2.75) is 57.9 Å². The van der Waals surface area contributed by atoms with Crippen LogP contribution in [0.1, 0.15) is 63.0 Å². The van der Waals surface area contributed by atoms with Gasteiger partial charge in [0, 0.05) is 18.5 Å². The second-order valence-electron chi connectivity index (χ2n) is 9.97. The summed E-state index contributed by atoms with van der Waals surface area (Å²) in [6, 6.07) is 16.1. The maximum atomic E-state index is 13.0. The quantitative estimate of drug-likeness (QED) is 0.453. The Balaban J connectivity index is 1.32. The number of hydrogen-bond donors (Lipinski definition) is 3. The van der Waals surface area contributed by atoms with E-state index in [1.165, 1.54) is 11.1 Å². The summed E-state index contributed by atoms with van der Waals surface area (Å²) in [5, 5.41) is 14.9. The van der Waals surface area contributed by atoms with E-state index in [4.69, 9.17) is 9.84 Å². The Bertz CT molecular complexity index is 1050. The van der Waals surface area contributed by atoms with Crippen LogP contribution in [-0.2, 0) is 14.3 Å². The molecule has 2 aromatic carbocycles. The number of amides is 2. The van der Waals surface area contributed by atoms with E-state index in [0.717, 1.165) is 17.5 Å². The van der Waals surface area contributed by atoms with Crippen LogP contribution in [0.25, 0.3) is 11.1 Å². The summed E-state index contributed by atoms with van der Waals surface area (Å²) in [5.41, 5.74) is 3.95. The Morgan fingerprint density at radius 3 is 2.34 bits per heavy atom. The Hall–Kier alpha value is -3.35. The van der Waals surface area contributed by atoms with Crippen LogP contribution in [0.3, 0.4) is 0 Å². The van der Waals surface area contributed by atoms with E-state index >= 15 is 0 Å². The van der Waals surface area contributed by atoms with E-state index in [1.54, 1.807) is 6.92 Å². The third kappa shape index (κ3) is 5.19. The third-order valence-corrected chi connectivity index (χ3v) is 7.63. The second-order valence-corrected chi connectivity index (χ2v) is 9.97. The molecule has 2 aromatic rings. The van der Waals surface area contributed by atoms with Gasteiger partial charge in [0.15, 0.2) is 0 Å². The lowest BCUT2D eigenvalue weighted by Crippen LogP contribution is -2.51. The van der Waals surface area contributed by atoms with Crippen molar-refractivity contribution in [3.63, 3.8) is 0 Å². The van der Waals surface area contributed by atoms with Gasteiger partial charge in [-0.2, -0.15) is 0 Å². The summed E-state index contributed by atoms with van der Waals surface area (Å²) in [5.74, 6) is -1.38. The van der Waals surface area contributed by atoms with Gasteiger partial charge < -0.3 is 20.5 Å². The average Bonchev–Trinajstić information content (AvgIpc) is 3.38. The molecule has 0 aromatic heterocycles. The van der Waals surface area contributed by atoms with E-state index in [-0.39, 0.29) is 24.5 Å². The standard InChI is InChI=1S/C28H34N2O5/c1-18(25(31)32)9-8-16-29-26(33)28(2)15-7-14-24(28)30-27(34)35-17-23-21-12-5-3-10-19(21)20-11-4-6-13-22(20)23/h3-6,10-13,18,23-24H,7-9,14-17H2,1-2H3,(H,29,33)(H,30,34)(H,31,32). The van der Waals surface area contributed by atoms with Gasteiger partial charge in [-0.05, 0) is 54.9 Å². The van der Waals surface area contributed by atoms with E-state index < -0.39 is 23.4 Å². The lowest BCUT2D eigenvalue weighted by Gasteiger charge is -2.30. The molecule has 3 atom stereocenters. The molecule has 0 bridgehead atoms. The number of fused-ring (bicyclic) bond motifs is 3. The molecule has 186 valence electrons. The van der Waals surface area contributed by atoms with Crippen LogP contribution in [0.15, 0.2) is 48.5 Å². The molecule has 2 aliphatic carbocycles. The van der Waals surface area contributed by atoms with Crippen molar-refractivity contribution in [2.75, 3.05) is 13.2 Å². The summed E-state index contributed by atoms with van der Waals surface area (Å²) in [6.45, 7) is 4.20. The first-order chi connectivity index (χ1) is 16.8. The van der Waals surface area contributed by atoms with Crippen molar-refractivity contribution in [1.29, 1.82) is 0 Å². The number of alkyl carbamates (subject to hydrolysis) is 1. The molecule has 0 spiro atoms.